The van der Waals surface area contributed by atoms with Gasteiger partial charge < -0.3 is 20.3 Å². The van der Waals surface area contributed by atoms with E-state index in [2.05, 4.69) is 43.5 Å². The van der Waals surface area contributed by atoms with E-state index < -0.39 is 12.1 Å². The van der Waals surface area contributed by atoms with Crippen molar-refractivity contribution in [2.45, 2.75) is 418 Å². The molecule has 2 atom stereocenters. The van der Waals surface area contributed by atoms with E-state index >= 15 is 0 Å². The Morgan fingerprint density at radius 3 is 0.899 bits per heavy atom. The molecule has 1 amide bonds. The van der Waals surface area contributed by atoms with Crippen LogP contribution in [0.2, 0.25) is 0 Å². The van der Waals surface area contributed by atoms with Gasteiger partial charge in [0.2, 0.25) is 5.91 Å². The van der Waals surface area contributed by atoms with Crippen molar-refractivity contribution in [2.24, 2.45) is 0 Å². The molecular weight excluding hydrogens is 971 g/mol. The largest absolute Gasteiger partial charge is 0.466 e. The lowest BCUT2D eigenvalue weighted by Gasteiger charge is -2.22. The summed E-state index contributed by atoms with van der Waals surface area (Å²) in [5, 5.41) is 23.3. The summed E-state index contributed by atoms with van der Waals surface area (Å²) in [6.45, 7) is 4.98. The zero-order valence-electron chi connectivity index (χ0n) is 53.6. The van der Waals surface area contributed by atoms with Crippen molar-refractivity contribution < 1.29 is 24.5 Å². The van der Waals surface area contributed by atoms with Gasteiger partial charge in [0, 0.05) is 12.8 Å². The summed E-state index contributed by atoms with van der Waals surface area (Å²) in [5.41, 5.74) is 0. The average Bonchev–Trinajstić information content (AvgIpc) is 3.45. The Labute approximate surface area is 494 Å². The minimum absolute atomic E-state index is 0.0150. The number of aliphatic hydroxyl groups is 2. The highest BCUT2D eigenvalue weighted by Gasteiger charge is 2.20. The Kier molecular flexibility index (Phi) is 67.4. The average molecular weight is 1110 g/mol. The number of amides is 1. The Hall–Kier alpha value is -1.66. The van der Waals surface area contributed by atoms with Crippen molar-refractivity contribution in [1.82, 2.24) is 5.32 Å². The third-order valence-corrected chi connectivity index (χ3v) is 17.0. The van der Waals surface area contributed by atoms with Crippen molar-refractivity contribution in [1.29, 1.82) is 0 Å². The highest BCUT2D eigenvalue weighted by Crippen LogP contribution is 2.19. The lowest BCUT2D eigenvalue weighted by atomic mass is 10.0. The molecule has 0 aromatic rings. The molecule has 0 aliphatic carbocycles. The second kappa shape index (κ2) is 68.8. The SMILES string of the molecule is CCCCCCCC/C=C\CCCCCCCCCC(=O)OCCCCCCCCCCCCCC/C=C\CCCCCCCCCCCCCCCCCC(=O)NC(CO)C(O)CCCCCCCCCCCCCCCC. The maximum absolute atomic E-state index is 12.5. The number of carbonyl (C=O) groups excluding carboxylic acids is 2. The molecule has 3 N–H and O–H groups in total. The first-order chi connectivity index (χ1) is 39.0. The van der Waals surface area contributed by atoms with Crippen LogP contribution in [0.3, 0.4) is 0 Å². The molecule has 0 radical (unpaired) electrons. The summed E-state index contributed by atoms with van der Waals surface area (Å²) in [7, 11) is 0. The molecular formula is C73H141NO5. The number of hydrogen-bond donors (Lipinski definition) is 3. The van der Waals surface area contributed by atoms with E-state index in [9.17, 15) is 19.8 Å². The van der Waals surface area contributed by atoms with E-state index in [4.69, 9.17) is 4.74 Å². The molecule has 6 heteroatoms. The predicted octanol–water partition coefficient (Wildman–Crippen LogP) is 23.3. The molecule has 0 fully saturated rings. The van der Waals surface area contributed by atoms with Crippen LogP contribution in [-0.4, -0.2) is 47.4 Å². The number of hydrogen-bond acceptors (Lipinski definition) is 5. The number of ether oxygens (including phenoxy) is 1. The number of allylic oxidation sites excluding steroid dienone is 4. The maximum atomic E-state index is 12.5. The lowest BCUT2D eigenvalue weighted by molar-refractivity contribution is -0.143. The van der Waals surface area contributed by atoms with Crippen molar-refractivity contribution in [3.05, 3.63) is 24.3 Å². The summed E-state index contributed by atoms with van der Waals surface area (Å²) in [5.74, 6) is -0.0153. The highest BCUT2D eigenvalue weighted by atomic mass is 16.5. The Balaban J connectivity index is 3.34. The van der Waals surface area contributed by atoms with E-state index in [1.165, 1.54) is 327 Å². The van der Waals surface area contributed by atoms with Gasteiger partial charge in [-0.25, -0.2) is 0 Å². The topological polar surface area (TPSA) is 95.9 Å². The van der Waals surface area contributed by atoms with Gasteiger partial charge in [0.1, 0.15) is 0 Å². The number of esters is 1. The van der Waals surface area contributed by atoms with Crippen molar-refractivity contribution in [2.75, 3.05) is 13.2 Å². The molecule has 468 valence electrons. The molecule has 0 saturated carbocycles. The van der Waals surface area contributed by atoms with E-state index in [1.54, 1.807) is 0 Å². The normalized spacial score (nSPS) is 12.6. The fourth-order valence-corrected chi connectivity index (χ4v) is 11.5. The standard InChI is InChI=1S/C73H141NO5/c1-3-5-7-9-11-13-15-17-19-35-39-43-47-51-55-59-63-67-73(78)79-68-64-60-56-52-48-44-40-37-34-32-30-28-26-24-22-20-21-23-25-27-29-31-33-36-38-42-46-50-54-58-62-66-72(77)74-70(69-75)71(76)65-61-57-53-49-45-41-18-16-14-12-10-8-6-4-2/h17,19,22,24,70-71,75-76H,3-16,18,20-21,23,25-69H2,1-2H3,(H,74,77)/b19-17-,24-22-. The monoisotopic (exact) mass is 1110 g/mol. The number of unbranched alkanes of at least 4 members (excludes halogenated alkanes) is 53. The number of nitrogens with one attached hydrogen (secondary N) is 1. The van der Waals surface area contributed by atoms with Gasteiger partial charge in [-0.1, -0.05) is 340 Å². The van der Waals surface area contributed by atoms with Crippen LogP contribution >= 0.6 is 0 Å². The summed E-state index contributed by atoms with van der Waals surface area (Å²) >= 11 is 0. The van der Waals surface area contributed by atoms with Gasteiger partial charge in [0.15, 0.2) is 0 Å². The quantitative estimate of drug-likeness (QED) is 0.0320. The van der Waals surface area contributed by atoms with Gasteiger partial charge in [0.05, 0.1) is 25.4 Å². The van der Waals surface area contributed by atoms with Crippen LogP contribution in [0.25, 0.3) is 0 Å². The number of carbonyl (C=O) groups is 2. The second-order valence-electron chi connectivity index (χ2n) is 24.9. The molecule has 0 spiro atoms. The zero-order valence-corrected chi connectivity index (χ0v) is 53.6. The third-order valence-electron chi connectivity index (χ3n) is 17.0. The fourth-order valence-electron chi connectivity index (χ4n) is 11.5. The van der Waals surface area contributed by atoms with E-state index in [1.807, 2.05) is 0 Å². The first-order valence-electron chi connectivity index (χ1n) is 36.1. The summed E-state index contributed by atoms with van der Waals surface area (Å²) in [6, 6.07) is -0.539. The molecule has 2 unspecified atom stereocenters. The van der Waals surface area contributed by atoms with Gasteiger partial charge in [-0.05, 0) is 77.0 Å². The van der Waals surface area contributed by atoms with Gasteiger partial charge in [0.25, 0.3) is 0 Å². The van der Waals surface area contributed by atoms with Crippen LogP contribution in [-0.2, 0) is 14.3 Å². The highest BCUT2D eigenvalue weighted by molar-refractivity contribution is 5.76. The van der Waals surface area contributed by atoms with Crippen LogP contribution in [0.1, 0.15) is 406 Å². The third kappa shape index (κ3) is 65.4. The predicted molar refractivity (Wildman–Crippen MR) is 347 cm³/mol. The van der Waals surface area contributed by atoms with Gasteiger partial charge in [-0.15, -0.1) is 0 Å². The molecule has 0 aliphatic heterocycles. The molecule has 0 aliphatic rings. The summed E-state index contributed by atoms with van der Waals surface area (Å²) < 4.78 is 5.50. The molecule has 0 bridgehead atoms. The van der Waals surface area contributed by atoms with Crippen LogP contribution in [0.15, 0.2) is 24.3 Å². The lowest BCUT2D eigenvalue weighted by Crippen LogP contribution is -2.45. The van der Waals surface area contributed by atoms with Crippen LogP contribution in [0, 0.1) is 0 Å². The van der Waals surface area contributed by atoms with E-state index in [-0.39, 0.29) is 18.5 Å². The van der Waals surface area contributed by atoms with Crippen molar-refractivity contribution in [3.63, 3.8) is 0 Å². The molecule has 0 rings (SSSR count). The second-order valence-corrected chi connectivity index (χ2v) is 24.9. The smallest absolute Gasteiger partial charge is 0.305 e. The zero-order chi connectivity index (χ0) is 57.1. The molecule has 0 saturated heterocycles. The fraction of sp³-hybridized carbons (Fsp3) is 0.918. The van der Waals surface area contributed by atoms with Gasteiger partial charge in [-0.3, -0.25) is 9.59 Å². The Morgan fingerprint density at radius 1 is 0.342 bits per heavy atom. The van der Waals surface area contributed by atoms with Crippen molar-refractivity contribution >= 4 is 11.9 Å². The Bertz CT molecular complexity index is 1230. The van der Waals surface area contributed by atoms with Gasteiger partial charge >= 0.3 is 5.97 Å². The first-order valence-corrected chi connectivity index (χ1v) is 36.1. The van der Waals surface area contributed by atoms with Crippen molar-refractivity contribution in [3.8, 4) is 0 Å². The molecule has 6 nitrogen and oxygen atoms in total. The van der Waals surface area contributed by atoms with Crippen LogP contribution in [0.4, 0.5) is 0 Å². The maximum Gasteiger partial charge on any atom is 0.305 e. The minimum Gasteiger partial charge on any atom is -0.466 e. The first kappa shape index (κ1) is 77.3. The molecule has 0 heterocycles. The molecule has 79 heavy (non-hydrogen) atoms. The number of rotatable bonds is 68. The summed E-state index contributed by atoms with van der Waals surface area (Å²) in [6.07, 6.45) is 86.7. The van der Waals surface area contributed by atoms with Gasteiger partial charge in [-0.2, -0.15) is 0 Å². The minimum atomic E-state index is -0.662. The van der Waals surface area contributed by atoms with E-state index in [0.717, 1.165) is 44.9 Å². The van der Waals surface area contributed by atoms with Crippen LogP contribution in [0.5, 0.6) is 0 Å². The Morgan fingerprint density at radius 2 is 0.595 bits per heavy atom. The number of aliphatic hydroxyl groups excluding tert-OH is 2. The summed E-state index contributed by atoms with van der Waals surface area (Å²) in [4.78, 5) is 24.6. The van der Waals surface area contributed by atoms with Crippen LogP contribution < -0.4 is 5.32 Å². The molecule has 0 aromatic carbocycles. The van der Waals surface area contributed by atoms with E-state index in [0.29, 0.717) is 25.9 Å². The molecule has 0 aromatic heterocycles.